The number of anilines is 2. The fourth-order valence-corrected chi connectivity index (χ4v) is 4.17. The average Bonchev–Trinajstić information content (AvgIpc) is 3.00. The first kappa shape index (κ1) is 20.0. The number of nitrogens with zero attached hydrogens (tertiary/aromatic N) is 1. The van der Waals surface area contributed by atoms with Gasteiger partial charge in [-0.3, -0.25) is 9.59 Å². The number of hydrogen-bond donors (Lipinski definition) is 1. The Bertz CT molecular complexity index is 1100. The van der Waals surface area contributed by atoms with E-state index in [1.54, 1.807) is 0 Å². The lowest BCUT2D eigenvalue weighted by Crippen LogP contribution is -2.32. The van der Waals surface area contributed by atoms with Crippen LogP contribution >= 0.6 is 11.8 Å². The Morgan fingerprint density at radius 1 is 0.833 bits per heavy atom. The third kappa shape index (κ3) is 4.02. The standard InChI is InChI=1S/C25H22N2O2S/c1-3-18-11-15-20(16-12-18)27-24(28)22(26-19-13-9-17(2)10-14-19)23(25(27)29)30-21-7-5-4-6-8-21/h4-16,26H,3H2,1-2H3. The van der Waals surface area contributed by atoms with Gasteiger partial charge in [-0.2, -0.15) is 0 Å². The topological polar surface area (TPSA) is 49.4 Å². The van der Waals surface area contributed by atoms with Gasteiger partial charge in [0.1, 0.15) is 10.6 Å². The normalized spacial score (nSPS) is 13.9. The monoisotopic (exact) mass is 414 g/mol. The second kappa shape index (κ2) is 8.59. The minimum atomic E-state index is -0.344. The van der Waals surface area contributed by atoms with Crippen molar-refractivity contribution in [3.63, 3.8) is 0 Å². The summed E-state index contributed by atoms with van der Waals surface area (Å²) in [5, 5.41) is 3.19. The van der Waals surface area contributed by atoms with Crippen molar-refractivity contribution in [2.24, 2.45) is 0 Å². The number of aryl methyl sites for hydroxylation is 2. The van der Waals surface area contributed by atoms with Crippen molar-refractivity contribution in [1.29, 1.82) is 0 Å². The molecule has 2 amide bonds. The van der Waals surface area contributed by atoms with Crippen LogP contribution in [0.4, 0.5) is 11.4 Å². The molecule has 0 bridgehead atoms. The van der Waals surface area contributed by atoms with Crippen LogP contribution in [0.1, 0.15) is 18.1 Å². The van der Waals surface area contributed by atoms with Crippen molar-refractivity contribution in [1.82, 2.24) is 0 Å². The van der Waals surface area contributed by atoms with Crippen molar-refractivity contribution in [3.8, 4) is 0 Å². The van der Waals surface area contributed by atoms with E-state index in [1.807, 2.05) is 85.8 Å². The predicted octanol–water partition coefficient (Wildman–Crippen LogP) is 5.55. The van der Waals surface area contributed by atoms with Crippen molar-refractivity contribution in [2.45, 2.75) is 25.2 Å². The van der Waals surface area contributed by atoms with Crippen molar-refractivity contribution >= 4 is 35.0 Å². The van der Waals surface area contributed by atoms with Crippen LogP contribution in [0, 0.1) is 6.92 Å². The molecule has 0 saturated carbocycles. The van der Waals surface area contributed by atoms with Gasteiger partial charge in [0, 0.05) is 10.6 Å². The highest BCUT2D eigenvalue weighted by atomic mass is 32.2. The van der Waals surface area contributed by atoms with Crippen LogP contribution in [0.15, 0.2) is 94.4 Å². The van der Waals surface area contributed by atoms with E-state index in [9.17, 15) is 9.59 Å². The van der Waals surface area contributed by atoms with Crippen LogP contribution < -0.4 is 10.2 Å². The number of hydrogen-bond acceptors (Lipinski definition) is 4. The van der Waals surface area contributed by atoms with Crippen molar-refractivity contribution < 1.29 is 9.59 Å². The summed E-state index contributed by atoms with van der Waals surface area (Å²) in [6, 6.07) is 24.9. The molecule has 4 nitrogen and oxygen atoms in total. The van der Waals surface area contributed by atoms with Gasteiger partial charge in [-0.25, -0.2) is 4.90 Å². The number of carbonyl (C=O) groups excluding carboxylic acids is 2. The molecule has 0 saturated heterocycles. The molecule has 1 aliphatic heterocycles. The van der Waals surface area contributed by atoms with Gasteiger partial charge in [0.15, 0.2) is 0 Å². The lowest BCUT2D eigenvalue weighted by atomic mass is 10.1. The second-order valence-corrected chi connectivity index (χ2v) is 8.16. The quantitative estimate of drug-likeness (QED) is 0.538. The van der Waals surface area contributed by atoms with E-state index >= 15 is 0 Å². The summed E-state index contributed by atoms with van der Waals surface area (Å²) >= 11 is 1.30. The number of benzene rings is 3. The Labute approximate surface area is 180 Å². The molecule has 0 aromatic heterocycles. The lowest BCUT2D eigenvalue weighted by molar-refractivity contribution is -0.120. The zero-order chi connectivity index (χ0) is 21.1. The maximum atomic E-state index is 13.3. The Morgan fingerprint density at radius 3 is 2.13 bits per heavy atom. The van der Waals surface area contributed by atoms with Gasteiger partial charge in [-0.15, -0.1) is 0 Å². The maximum Gasteiger partial charge on any atom is 0.283 e. The smallest absolute Gasteiger partial charge is 0.283 e. The first-order valence-electron chi connectivity index (χ1n) is 9.85. The zero-order valence-corrected chi connectivity index (χ0v) is 17.7. The van der Waals surface area contributed by atoms with Crippen LogP contribution in [0.2, 0.25) is 0 Å². The summed E-state index contributed by atoms with van der Waals surface area (Å²) in [5.41, 5.74) is 3.93. The van der Waals surface area contributed by atoms with Crippen LogP contribution in [-0.2, 0) is 16.0 Å². The van der Waals surface area contributed by atoms with E-state index in [0.717, 1.165) is 28.1 Å². The molecule has 1 aliphatic rings. The highest BCUT2D eigenvalue weighted by Crippen LogP contribution is 2.37. The Hall–Kier alpha value is -3.31. The number of rotatable bonds is 6. The first-order valence-corrected chi connectivity index (χ1v) is 10.7. The number of thioether (sulfide) groups is 1. The molecule has 1 heterocycles. The average molecular weight is 415 g/mol. The highest BCUT2D eigenvalue weighted by molar-refractivity contribution is 8.04. The molecular weight excluding hydrogens is 392 g/mol. The minimum absolute atomic E-state index is 0.303. The summed E-state index contributed by atoms with van der Waals surface area (Å²) < 4.78 is 0. The third-order valence-corrected chi connectivity index (χ3v) is 6.02. The Kier molecular flexibility index (Phi) is 5.72. The summed E-state index contributed by atoms with van der Waals surface area (Å²) in [7, 11) is 0. The van der Waals surface area contributed by atoms with Gasteiger partial charge in [0.25, 0.3) is 11.8 Å². The summed E-state index contributed by atoms with van der Waals surface area (Å²) in [5.74, 6) is -0.657. The lowest BCUT2D eigenvalue weighted by Gasteiger charge is -2.15. The van der Waals surface area contributed by atoms with Crippen LogP contribution in [0.5, 0.6) is 0 Å². The molecule has 3 aromatic carbocycles. The van der Waals surface area contributed by atoms with Crippen LogP contribution in [0.25, 0.3) is 0 Å². The van der Waals surface area contributed by atoms with E-state index in [2.05, 4.69) is 12.2 Å². The van der Waals surface area contributed by atoms with Crippen LogP contribution in [-0.4, -0.2) is 11.8 Å². The molecule has 4 rings (SSSR count). The molecule has 30 heavy (non-hydrogen) atoms. The van der Waals surface area contributed by atoms with Crippen molar-refractivity contribution in [2.75, 3.05) is 10.2 Å². The first-order chi connectivity index (χ1) is 14.6. The van der Waals surface area contributed by atoms with Crippen molar-refractivity contribution in [3.05, 3.63) is 101 Å². The van der Waals surface area contributed by atoms with E-state index in [4.69, 9.17) is 0 Å². The largest absolute Gasteiger partial charge is 0.350 e. The molecule has 150 valence electrons. The minimum Gasteiger partial charge on any atom is -0.350 e. The Balaban J connectivity index is 1.72. The molecule has 1 N–H and O–H groups in total. The van der Waals surface area contributed by atoms with Gasteiger partial charge in [0.05, 0.1) is 5.69 Å². The fraction of sp³-hybridized carbons (Fsp3) is 0.120. The second-order valence-electron chi connectivity index (χ2n) is 7.08. The Morgan fingerprint density at radius 2 is 1.50 bits per heavy atom. The maximum absolute atomic E-state index is 13.3. The molecule has 0 fully saturated rings. The molecule has 0 radical (unpaired) electrons. The van der Waals surface area contributed by atoms with Gasteiger partial charge in [0.2, 0.25) is 0 Å². The number of imide groups is 1. The van der Waals surface area contributed by atoms with Crippen LogP contribution in [0.3, 0.4) is 0 Å². The summed E-state index contributed by atoms with van der Waals surface area (Å²) in [6.45, 7) is 4.08. The van der Waals surface area contributed by atoms with Gasteiger partial charge in [-0.05, 0) is 55.3 Å². The summed E-state index contributed by atoms with van der Waals surface area (Å²) in [6.07, 6.45) is 0.899. The molecule has 3 aromatic rings. The SMILES string of the molecule is CCc1ccc(N2C(=O)C(Nc3ccc(C)cc3)=C(Sc3ccccc3)C2=O)cc1. The molecule has 5 heteroatoms. The number of carbonyl (C=O) groups is 2. The highest BCUT2D eigenvalue weighted by Gasteiger charge is 2.40. The third-order valence-electron chi connectivity index (χ3n) is 4.93. The molecule has 0 spiro atoms. The molecular formula is C25H22N2O2S. The van der Waals surface area contributed by atoms with Gasteiger partial charge < -0.3 is 5.32 Å². The van der Waals surface area contributed by atoms with Gasteiger partial charge >= 0.3 is 0 Å². The van der Waals surface area contributed by atoms with E-state index in [-0.39, 0.29) is 11.8 Å². The predicted molar refractivity (Wildman–Crippen MR) is 122 cm³/mol. The number of nitrogens with one attached hydrogen (secondary N) is 1. The molecule has 0 aliphatic carbocycles. The fourth-order valence-electron chi connectivity index (χ4n) is 3.22. The molecule has 0 unspecified atom stereocenters. The van der Waals surface area contributed by atoms with Gasteiger partial charge in [-0.1, -0.05) is 66.7 Å². The number of amides is 2. The van der Waals surface area contributed by atoms with E-state index in [1.165, 1.54) is 16.7 Å². The zero-order valence-electron chi connectivity index (χ0n) is 16.9. The summed E-state index contributed by atoms with van der Waals surface area (Å²) in [4.78, 5) is 29.2. The van der Waals surface area contributed by atoms with E-state index in [0.29, 0.717) is 16.3 Å². The molecule has 0 atom stereocenters. The van der Waals surface area contributed by atoms with E-state index < -0.39 is 0 Å².